The first kappa shape index (κ1) is 9.96. The molecule has 3 unspecified atom stereocenters. The van der Waals surface area contributed by atoms with Crippen molar-refractivity contribution in [3.8, 4) is 0 Å². The second-order valence-electron chi connectivity index (χ2n) is 3.80. The van der Waals surface area contributed by atoms with Crippen LogP contribution in [0.3, 0.4) is 0 Å². The summed E-state index contributed by atoms with van der Waals surface area (Å²) < 4.78 is 0. The highest BCUT2D eigenvalue weighted by Gasteiger charge is 2.32. The van der Waals surface area contributed by atoms with Crippen molar-refractivity contribution in [2.45, 2.75) is 32.0 Å². The predicted molar refractivity (Wildman–Crippen MR) is 52.3 cm³/mol. The Balaban J connectivity index is 2.61. The van der Waals surface area contributed by atoms with Crippen molar-refractivity contribution < 1.29 is 0 Å². The molecule has 0 bridgehead atoms. The Labute approximate surface area is 75.3 Å². The van der Waals surface area contributed by atoms with Gasteiger partial charge >= 0.3 is 0 Å². The fourth-order valence-electron chi connectivity index (χ4n) is 2.18. The maximum Gasteiger partial charge on any atom is 0.0373 e. The molecule has 1 rings (SSSR count). The summed E-state index contributed by atoms with van der Waals surface area (Å²) in [5.74, 6) is 0.698. The lowest BCUT2D eigenvalue weighted by molar-refractivity contribution is 0.207. The van der Waals surface area contributed by atoms with Gasteiger partial charge in [0.05, 0.1) is 0 Å². The zero-order chi connectivity index (χ0) is 9.14. The normalized spacial score (nSPS) is 43.0. The zero-order valence-electron chi connectivity index (χ0n) is 8.52. The van der Waals surface area contributed by atoms with Crippen molar-refractivity contribution in [2.75, 3.05) is 20.6 Å². The quantitative estimate of drug-likeness (QED) is 0.538. The molecule has 1 saturated heterocycles. The third kappa shape index (κ3) is 1.79. The van der Waals surface area contributed by atoms with E-state index in [9.17, 15) is 0 Å². The maximum absolute atomic E-state index is 3.49. The Kier molecular flexibility index (Phi) is 3.50. The average Bonchev–Trinajstić information content (AvgIpc) is 2.08. The van der Waals surface area contributed by atoms with Crippen molar-refractivity contribution in [3.05, 3.63) is 0 Å². The lowest BCUT2D eigenvalue weighted by atomic mass is 9.86. The third-order valence-electron chi connectivity index (χ3n) is 2.97. The summed E-state index contributed by atoms with van der Waals surface area (Å²) >= 11 is 0. The van der Waals surface area contributed by atoms with Crippen LogP contribution in [0.25, 0.3) is 0 Å². The van der Waals surface area contributed by atoms with E-state index in [2.05, 4.69) is 29.8 Å². The van der Waals surface area contributed by atoms with E-state index in [0.717, 1.165) is 6.54 Å². The number of nitrogens with one attached hydrogen (secondary N) is 3. The van der Waals surface area contributed by atoms with Crippen molar-refractivity contribution in [2.24, 2.45) is 5.92 Å². The number of hydrogen-bond acceptors (Lipinski definition) is 3. The Morgan fingerprint density at radius 1 is 1.08 bits per heavy atom. The van der Waals surface area contributed by atoms with Gasteiger partial charge in [0, 0.05) is 18.1 Å². The first-order chi connectivity index (χ1) is 5.70. The van der Waals surface area contributed by atoms with Gasteiger partial charge in [0.15, 0.2) is 0 Å². The van der Waals surface area contributed by atoms with Crippen LogP contribution in [0.5, 0.6) is 0 Å². The van der Waals surface area contributed by atoms with Gasteiger partial charge < -0.3 is 16.0 Å². The van der Waals surface area contributed by atoms with E-state index in [1.165, 1.54) is 0 Å². The highest BCUT2D eigenvalue weighted by atomic mass is 15.1. The van der Waals surface area contributed by atoms with E-state index in [4.69, 9.17) is 0 Å². The predicted octanol–water partition coefficient (Wildman–Crippen LogP) is -0.210. The molecule has 1 heterocycles. The monoisotopic (exact) mass is 171 g/mol. The molecule has 0 radical (unpaired) electrons. The van der Waals surface area contributed by atoms with Crippen LogP contribution in [-0.2, 0) is 0 Å². The Morgan fingerprint density at radius 3 is 2.08 bits per heavy atom. The van der Waals surface area contributed by atoms with Crippen LogP contribution in [-0.4, -0.2) is 38.8 Å². The molecule has 0 saturated carbocycles. The first-order valence-electron chi connectivity index (χ1n) is 4.78. The molecule has 1 fully saturated rings. The summed E-state index contributed by atoms with van der Waals surface area (Å²) in [6.45, 7) is 5.63. The minimum absolute atomic E-state index is 0.541. The molecule has 0 aromatic carbocycles. The standard InChI is InChI=1S/C9H21N3/c1-6-5-12-7(2)9(11-4)8(6)10-3/h6-12H,5H2,1-4H3/t6?,7?,8?,9-/m1/s1. The van der Waals surface area contributed by atoms with Crippen LogP contribution >= 0.6 is 0 Å². The summed E-state index contributed by atoms with van der Waals surface area (Å²) in [7, 11) is 4.08. The molecule has 0 aromatic heterocycles. The van der Waals surface area contributed by atoms with Gasteiger partial charge in [-0.05, 0) is 33.5 Å². The van der Waals surface area contributed by atoms with E-state index in [-0.39, 0.29) is 0 Å². The largest absolute Gasteiger partial charge is 0.315 e. The molecule has 1 aliphatic rings. The van der Waals surface area contributed by atoms with Crippen molar-refractivity contribution >= 4 is 0 Å². The van der Waals surface area contributed by atoms with Crippen LogP contribution in [0, 0.1) is 5.92 Å². The van der Waals surface area contributed by atoms with Gasteiger partial charge in [-0.2, -0.15) is 0 Å². The molecule has 1 aliphatic heterocycles. The van der Waals surface area contributed by atoms with Gasteiger partial charge in [-0.15, -0.1) is 0 Å². The van der Waals surface area contributed by atoms with E-state index in [0.29, 0.717) is 24.0 Å². The van der Waals surface area contributed by atoms with Gasteiger partial charge in [0.25, 0.3) is 0 Å². The number of piperidine rings is 1. The molecule has 0 spiro atoms. The second kappa shape index (κ2) is 4.21. The Hall–Kier alpha value is -0.120. The fourth-order valence-corrected chi connectivity index (χ4v) is 2.18. The average molecular weight is 171 g/mol. The zero-order valence-corrected chi connectivity index (χ0v) is 8.52. The van der Waals surface area contributed by atoms with Gasteiger partial charge in [-0.3, -0.25) is 0 Å². The third-order valence-corrected chi connectivity index (χ3v) is 2.97. The molecular weight excluding hydrogens is 150 g/mol. The molecule has 3 N–H and O–H groups in total. The molecule has 3 heteroatoms. The lowest BCUT2D eigenvalue weighted by Gasteiger charge is -2.41. The van der Waals surface area contributed by atoms with Crippen LogP contribution < -0.4 is 16.0 Å². The smallest absolute Gasteiger partial charge is 0.0373 e. The van der Waals surface area contributed by atoms with Crippen LogP contribution in [0.2, 0.25) is 0 Å². The van der Waals surface area contributed by atoms with Crippen molar-refractivity contribution in [3.63, 3.8) is 0 Å². The van der Waals surface area contributed by atoms with Gasteiger partial charge in [0.2, 0.25) is 0 Å². The van der Waals surface area contributed by atoms with Crippen LogP contribution in [0.4, 0.5) is 0 Å². The SMILES string of the molecule is CNC1C(C)CNC(C)[C@H]1NC. The maximum atomic E-state index is 3.49. The number of rotatable bonds is 2. The molecule has 0 aromatic rings. The summed E-state index contributed by atoms with van der Waals surface area (Å²) in [5.41, 5.74) is 0. The summed E-state index contributed by atoms with van der Waals surface area (Å²) in [6, 6.07) is 1.69. The Bertz CT molecular complexity index is 122. The molecule has 72 valence electrons. The summed E-state index contributed by atoms with van der Waals surface area (Å²) in [6.07, 6.45) is 0. The van der Waals surface area contributed by atoms with Gasteiger partial charge in [-0.1, -0.05) is 6.92 Å². The summed E-state index contributed by atoms with van der Waals surface area (Å²) in [4.78, 5) is 0. The van der Waals surface area contributed by atoms with Crippen LogP contribution in [0.1, 0.15) is 13.8 Å². The fraction of sp³-hybridized carbons (Fsp3) is 1.00. The number of hydrogen-bond donors (Lipinski definition) is 3. The second-order valence-corrected chi connectivity index (χ2v) is 3.80. The molecule has 0 aliphatic carbocycles. The number of likely N-dealkylation sites (N-methyl/N-ethyl adjacent to an activating group) is 2. The molecule has 3 nitrogen and oxygen atoms in total. The van der Waals surface area contributed by atoms with E-state index < -0.39 is 0 Å². The van der Waals surface area contributed by atoms with E-state index in [1.54, 1.807) is 0 Å². The Morgan fingerprint density at radius 2 is 1.67 bits per heavy atom. The minimum atomic E-state index is 0.541. The highest BCUT2D eigenvalue weighted by Crippen LogP contribution is 2.14. The van der Waals surface area contributed by atoms with E-state index in [1.807, 2.05) is 14.1 Å². The van der Waals surface area contributed by atoms with Crippen molar-refractivity contribution in [1.29, 1.82) is 0 Å². The molecule has 12 heavy (non-hydrogen) atoms. The highest BCUT2D eigenvalue weighted by molar-refractivity contribution is 4.96. The van der Waals surface area contributed by atoms with Gasteiger partial charge in [-0.25, -0.2) is 0 Å². The molecule has 4 atom stereocenters. The topological polar surface area (TPSA) is 36.1 Å². The molecule has 0 amide bonds. The lowest BCUT2D eigenvalue weighted by Crippen LogP contribution is -2.64. The van der Waals surface area contributed by atoms with E-state index >= 15 is 0 Å². The van der Waals surface area contributed by atoms with Crippen molar-refractivity contribution in [1.82, 2.24) is 16.0 Å². The first-order valence-corrected chi connectivity index (χ1v) is 4.78. The minimum Gasteiger partial charge on any atom is -0.315 e. The van der Waals surface area contributed by atoms with Crippen LogP contribution in [0.15, 0.2) is 0 Å². The van der Waals surface area contributed by atoms with Gasteiger partial charge in [0.1, 0.15) is 0 Å². The molecular formula is C9H21N3. The summed E-state index contributed by atoms with van der Waals surface area (Å²) in [5, 5.41) is 10.2.